The summed E-state index contributed by atoms with van der Waals surface area (Å²) in [6, 6.07) is 16.2. The molecule has 0 radical (unpaired) electrons. The minimum absolute atomic E-state index is 0. The highest BCUT2D eigenvalue weighted by Crippen LogP contribution is 2.11. The molecule has 0 atom stereocenters. The van der Waals surface area contributed by atoms with Gasteiger partial charge in [0, 0.05) is 6.42 Å². The van der Waals surface area contributed by atoms with Crippen molar-refractivity contribution in [2.45, 2.75) is 32.6 Å². The number of nitrogens with two attached hydrogens (primary N) is 1. The molecule has 0 heterocycles. The number of hydrogen-bond donors (Lipinski definition) is 2. The van der Waals surface area contributed by atoms with Crippen molar-refractivity contribution in [1.82, 2.24) is 5.43 Å². The van der Waals surface area contributed by atoms with E-state index in [1.54, 1.807) is 6.92 Å². The molecule has 0 aromatic heterocycles. The molecule has 5 heteroatoms. The zero-order valence-electron chi connectivity index (χ0n) is 13.7. The van der Waals surface area contributed by atoms with Gasteiger partial charge in [0.2, 0.25) is 5.91 Å². The second-order valence-electron chi connectivity index (χ2n) is 5.76. The lowest BCUT2D eigenvalue weighted by Gasteiger charge is -2.05. The number of rotatable bonds is 7. The highest BCUT2D eigenvalue weighted by Gasteiger charge is 2.02. The van der Waals surface area contributed by atoms with E-state index in [4.69, 9.17) is 5.84 Å². The average molecular weight is 347 g/mol. The maximum Gasteiger partial charge on any atom is 0.238 e. The standard InChI is InChI=1S/C19H22N2O2.ClH/c1-14(22)12-17-8-4-15(5-9-17)2-3-16-6-10-18(11-7-16)13-19(23)21-20;/h4-11H,2-3,12-13,20H2,1H3,(H,21,23);1H. The molecule has 0 saturated carbocycles. The van der Waals surface area contributed by atoms with Crippen LogP contribution in [0.1, 0.15) is 29.2 Å². The molecule has 1 amide bonds. The van der Waals surface area contributed by atoms with E-state index < -0.39 is 0 Å². The summed E-state index contributed by atoms with van der Waals surface area (Å²) in [4.78, 5) is 22.3. The molecule has 0 aliphatic carbocycles. The molecule has 2 aromatic carbocycles. The van der Waals surface area contributed by atoms with Gasteiger partial charge in [-0.05, 0) is 42.0 Å². The largest absolute Gasteiger partial charge is 0.300 e. The Hall–Kier alpha value is -2.17. The van der Waals surface area contributed by atoms with Crippen LogP contribution in [0.4, 0.5) is 0 Å². The first-order chi connectivity index (χ1) is 11.1. The van der Waals surface area contributed by atoms with Crippen LogP contribution in [0.5, 0.6) is 0 Å². The zero-order chi connectivity index (χ0) is 16.7. The monoisotopic (exact) mass is 346 g/mol. The third kappa shape index (κ3) is 6.52. The Morgan fingerprint density at radius 3 is 1.54 bits per heavy atom. The van der Waals surface area contributed by atoms with Crippen LogP contribution in [0.3, 0.4) is 0 Å². The fraction of sp³-hybridized carbons (Fsp3) is 0.263. The first-order valence-corrected chi connectivity index (χ1v) is 7.71. The van der Waals surface area contributed by atoms with E-state index in [1.165, 1.54) is 11.1 Å². The highest BCUT2D eigenvalue weighted by molar-refractivity contribution is 5.85. The van der Waals surface area contributed by atoms with E-state index in [2.05, 4.69) is 17.6 Å². The van der Waals surface area contributed by atoms with Gasteiger partial charge in [0.25, 0.3) is 0 Å². The van der Waals surface area contributed by atoms with Gasteiger partial charge < -0.3 is 0 Å². The number of benzene rings is 2. The van der Waals surface area contributed by atoms with Crippen molar-refractivity contribution in [3.63, 3.8) is 0 Å². The van der Waals surface area contributed by atoms with Crippen molar-refractivity contribution >= 4 is 24.1 Å². The number of amides is 1. The van der Waals surface area contributed by atoms with Gasteiger partial charge in [0.15, 0.2) is 0 Å². The normalized spacial score (nSPS) is 9.92. The zero-order valence-corrected chi connectivity index (χ0v) is 14.6. The third-order valence-corrected chi connectivity index (χ3v) is 3.73. The van der Waals surface area contributed by atoms with Gasteiger partial charge >= 0.3 is 0 Å². The lowest BCUT2D eigenvalue weighted by Crippen LogP contribution is -2.31. The third-order valence-electron chi connectivity index (χ3n) is 3.73. The lowest BCUT2D eigenvalue weighted by atomic mass is 10.0. The Morgan fingerprint density at radius 2 is 1.17 bits per heavy atom. The number of carbonyl (C=O) groups is 2. The van der Waals surface area contributed by atoms with Gasteiger partial charge in [0.05, 0.1) is 6.42 Å². The Morgan fingerprint density at radius 1 is 0.792 bits per heavy atom. The summed E-state index contributed by atoms with van der Waals surface area (Å²) in [5, 5.41) is 0. The SMILES string of the molecule is CC(=O)Cc1ccc(CCc2ccc(CC(=O)NN)cc2)cc1.Cl. The van der Waals surface area contributed by atoms with Crippen LogP contribution in [0.25, 0.3) is 0 Å². The van der Waals surface area contributed by atoms with Crippen molar-refractivity contribution in [3.05, 3.63) is 70.8 Å². The molecule has 0 bridgehead atoms. The highest BCUT2D eigenvalue weighted by atomic mass is 35.5. The summed E-state index contributed by atoms with van der Waals surface area (Å²) >= 11 is 0. The molecule has 0 fully saturated rings. The van der Waals surface area contributed by atoms with E-state index in [-0.39, 0.29) is 24.1 Å². The molecule has 0 unspecified atom stereocenters. The van der Waals surface area contributed by atoms with Gasteiger partial charge in [-0.2, -0.15) is 0 Å². The van der Waals surface area contributed by atoms with Gasteiger partial charge in [-0.3, -0.25) is 15.0 Å². The summed E-state index contributed by atoms with van der Waals surface area (Å²) in [6.45, 7) is 1.61. The minimum Gasteiger partial charge on any atom is -0.300 e. The molecular formula is C19H23ClN2O2. The summed E-state index contributed by atoms with van der Waals surface area (Å²) in [5.74, 6) is 5.07. The van der Waals surface area contributed by atoms with Crippen molar-refractivity contribution in [2.75, 3.05) is 0 Å². The summed E-state index contributed by atoms with van der Waals surface area (Å²) in [5.41, 5.74) is 6.62. The van der Waals surface area contributed by atoms with Gasteiger partial charge in [-0.25, -0.2) is 5.84 Å². The van der Waals surface area contributed by atoms with E-state index in [9.17, 15) is 9.59 Å². The summed E-state index contributed by atoms with van der Waals surface area (Å²) < 4.78 is 0. The summed E-state index contributed by atoms with van der Waals surface area (Å²) in [6.07, 6.45) is 2.69. The quantitative estimate of drug-likeness (QED) is 0.460. The topological polar surface area (TPSA) is 72.2 Å². The smallest absolute Gasteiger partial charge is 0.238 e. The fourth-order valence-corrected chi connectivity index (χ4v) is 2.46. The van der Waals surface area contributed by atoms with Crippen molar-refractivity contribution in [3.8, 4) is 0 Å². The summed E-state index contributed by atoms with van der Waals surface area (Å²) in [7, 11) is 0. The molecule has 2 aromatic rings. The molecule has 3 N–H and O–H groups in total. The Kier molecular flexibility index (Phi) is 8.16. The molecule has 128 valence electrons. The number of halogens is 1. The van der Waals surface area contributed by atoms with E-state index in [0.717, 1.165) is 24.0 Å². The van der Waals surface area contributed by atoms with Crippen LogP contribution >= 0.6 is 12.4 Å². The van der Waals surface area contributed by atoms with Crippen LogP contribution in [0.2, 0.25) is 0 Å². The molecule has 0 aliphatic rings. The van der Waals surface area contributed by atoms with E-state index in [1.807, 2.05) is 36.4 Å². The maximum atomic E-state index is 11.2. The number of hydrogen-bond acceptors (Lipinski definition) is 3. The Labute approximate surface area is 148 Å². The molecular weight excluding hydrogens is 324 g/mol. The van der Waals surface area contributed by atoms with Gasteiger partial charge in [-0.15, -0.1) is 12.4 Å². The first-order valence-electron chi connectivity index (χ1n) is 7.71. The fourth-order valence-electron chi connectivity index (χ4n) is 2.46. The van der Waals surface area contributed by atoms with Gasteiger partial charge in [0.1, 0.15) is 5.78 Å². The number of ketones is 1. The number of carbonyl (C=O) groups excluding carboxylic acids is 2. The van der Waals surface area contributed by atoms with Crippen molar-refractivity contribution in [2.24, 2.45) is 5.84 Å². The minimum atomic E-state index is -0.191. The molecule has 0 aliphatic heterocycles. The molecule has 0 spiro atoms. The van der Waals surface area contributed by atoms with Crippen LogP contribution in [-0.2, 0) is 35.3 Å². The predicted molar refractivity (Wildman–Crippen MR) is 98.0 cm³/mol. The van der Waals surface area contributed by atoms with Crippen LogP contribution in [-0.4, -0.2) is 11.7 Å². The second-order valence-corrected chi connectivity index (χ2v) is 5.76. The van der Waals surface area contributed by atoms with Crippen molar-refractivity contribution in [1.29, 1.82) is 0 Å². The van der Waals surface area contributed by atoms with E-state index in [0.29, 0.717) is 12.8 Å². The second kappa shape index (κ2) is 9.85. The molecule has 24 heavy (non-hydrogen) atoms. The van der Waals surface area contributed by atoms with Crippen LogP contribution < -0.4 is 11.3 Å². The number of aryl methyl sites for hydroxylation is 2. The predicted octanol–water partition coefficient (Wildman–Crippen LogP) is 2.56. The first kappa shape index (κ1) is 19.9. The van der Waals surface area contributed by atoms with Crippen LogP contribution in [0, 0.1) is 0 Å². The van der Waals surface area contributed by atoms with Crippen LogP contribution in [0.15, 0.2) is 48.5 Å². The number of hydrazine groups is 1. The van der Waals surface area contributed by atoms with Gasteiger partial charge in [-0.1, -0.05) is 48.5 Å². The molecule has 4 nitrogen and oxygen atoms in total. The van der Waals surface area contributed by atoms with Crippen molar-refractivity contribution < 1.29 is 9.59 Å². The molecule has 0 saturated heterocycles. The Balaban J connectivity index is 0.00000288. The number of nitrogens with one attached hydrogen (secondary N) is 1. The Bertz CT molecular complexity index is 667. The average Bonchev–Trinajstić information content (AvgIpc) is 2.55. The number of Topliss-reactive ketones (excluding diaryl/α,β-unsaturated/α-hetero) is 1. The maximum absolute atomic E-state index is 11.2. The molecule has 2 rings (SSSR count). The lowest BCUT2D eigenvalue weighted by molar-refractivity contribution is -0.120. The van der Waals surface area contributed by atoms with E-state index >= 15 is 0 Å².